The quantitative estimate of drug-likeness (QED) is 0.311. The summed E-state index contributed by atoms with van der Waals surface area (Å²) in [7, 11) is -3.69. The van der Waals surface area contributed by atoms with Gasteiger partial charge in [0.15, 0.2) is 0 Å². The van der Waals surface area contributed by atoms with Crippen molar-refractivity contribution in [1.29, 1.82) is 0 Å². The molecular weight excluding hydrogens is 350 g/mol. The molecule has 0 radical (unpaired) electrons. The van der Waals surface area contributed by atoms with Gasteiger partial charge in [0, 0.05) is 38.2 Å². The summed E-state index contributed by atoms with van der Waals surface area (Å²) in [6.45, 7) is 5.61. The molecule has 2 amide bonds. The number of nitrogens with one attached hydrogen (secondary N) is 2. The van der Waals surface area contributed by atoms with Crippen LogP contribution in [0.3, 0.4) is 0 Å². The summed E-state index contributed by atoms with van der Waals surface area (Å²) >= 11 is 0. The van der Waals surface area contributed by atoms with Crippen molar-refractivity contribution in [3.63, 3.8) is 0 Å². The minimum Gasteiger partial charge on any atom is -0.460 e. The van der Waals surface area contributed by atoms with Crippen molar-refractivity contribution in [2.24, 2.45) is 0 Å². The van der Waals surface area contributed by atoms with E-state index in [0.29, 0.717) is 12.8 Å². The molecule has 0 saturated carbocycles. The normalized spacial score (nSPS) is 15.1. The molecule has 0 aromatic carbocycles. The van der Waals surface area contributed by atoms with Crippen molar-refractivity contribution in [2.75, 3.05) is 19.6 Å². The van der Waals surface area contributed by atoms with Gasteiger partial charge in [-0.05, 0) is 33.6 Å². The minimum absolute atomic E-state index is 0.0818. The highest BCUT2D eigenvalue weighted by atomic mass is 32.2. The second kappa shape index (κ2) is 9.07. The van der Waals surface area contributed by atoms with Gasteiger partial charge < -0.3 is 4.74 Å². The van der Waals surface area contributed by atoms with Crippen LogP contribution >= 0.6 is 0 Å². The Morgan fingerprint density at radius 3 is 2.12 bits per heavy atom. The zero-order valence-corrected chi connectivity index (χ0v) is 15.5. The molecule has 1 heterocycles. The maximum absolute atomic E-state index is 11.7. The van der Waals surface area contributed by atoms with Gasteiger partial charge in [0.05, 0.1) is 0 Å². The van der Waals surface area contributed by atoms with Crippen LogP contribution in [0.5, 0.6) is 0 Å². The van der Waals surface area contributed by atoms with Gasteiger partial charge in [-0.25, -0.2) is 9.44 Å². The summed E-state index contributed by atoms with van der Waals surface area (Å²) in [6.07, 6.45) is 3.10. The van der Waals surface area contributed by atoms with Crippen molar-refractivity contribution in [2.45, 2.75) is 45.6 Å². The van der Waals surface area contributed by atoms with Crippen LogP contribution in [-0.2, 0) is 29.3 Å². The van der Waals surface area contributed by atoms with Gasteiger partial charge in [-0.2, -0.15) is 8.42 Å². The monoisotopic (exact) mass is 375 g/mol. The molecule has 0 saturated heterocycles. The fraction of sp³-hybridized carbons (Fsp3) is 0.667. The maximum Gasteiger partial charge on any atom is 0.306 e. The number of carbonyl (C=O) groups excluding carboxylic acids is 3. The van der Waals surface area contributed by atoms with E-state index >= 15 is 0 Å². The Hall–Kier alpha value is -1.78. The van der Waals surface area contributed by atoms with E-state index in [2.05, 4.69) is 9.44 Å². The fourth-order valence-electron chi connectivity index (χ4n) is 1.98. The van der Waals surface area contributed by atoms with E-state index in [9.17, 15) is 22.8 Å². The standard InChI is InChI=1S/C15H25N3O6S/c1-15(2,3)24-14(21)6-4-9-16-25(22,23)17-10-5-11-18-12(19)7-8-13(18)20/h7-8,16-17H,4-6,9-11H2,1-3H3. The highest BCUT2D eigenvalue weighted by molar-refractivity contribution is 7.87. The molecule has 2 N–H and O–H groups in total. The summed E-state index contributed by atoms with van der Waals surface area (Å²) < 4.78 is 33.2. The second-order valence-electron chi connectivity index (χ2n) is 6.50. The largest absolute Gasteiger partial charge is 0.460 e. The van der Waals surface area contributed by atoms with Crippen molar-refractivity contribution in [3.8, 4) is 0 Å². The van der Waals surface area contributed by atoms with Crippen LogP contribution in [0.1, 0.15) is 40.0 Å². The summed E-state index contributed by atoms with van der Waals surface area (Å²) in [6, 6.07) is 0. The van der Waals surface area contributed by atoms with Gasteiger partial charge in [-0.1, -0.05) is 0 Å². The average molecular weight is 375 g/mol. The highest BCUT2D eigenvalue weighted by Gasteiger charge is 2.22. The average Bonchev–Trinajstić information content (AvgIpc) is 2.77. The van der Waals surface area contributed by atoms with Crippen LogP contribution in [0.2, 0.25) is 0 Å². The molecule has 0 bridgehead atoms. The lowest BCUT2D eigenvalue weighted by atomic mass is 10.2. The van der Waals surface area contributed by atoms with Crippen LogP contribution in [-0.4, -0.2) is 56.3 Å². The molecular formula is C15H25N3O6S. The number of rotatable bonds is 10. The van der Waals surface area contributed by atoms with Crippen molar-refractivity contribution < 1.29 is 27.5 Å². The minimum atomic E-state index is -3.69. The van der Waals surface area contributed by atoms with Crippen LogP contribution in [0.25, 0.3) is 0 Å². The zero-order valence-electron chi connectivity index (χ0n) is 14.7. The van der Waals surface area contributed by atoms with Gasteiger partial charge in [-0.3, -0.25) is 19.3 Å². The Kier molecular flexibility index (Phi) is 7.71. The topological polar surface area (TPSA) is 122 Å². The third-order valence-electron chi connectivity index (χ3n) is 3.02. The molecule has 0 unspecified atom stereocenters. The Balaban J connectivity index is 2.16. The molecule has 1 aliphatic heterocycles. The Morgan fingerprint density at radius 2 is 1.60 bits per heavy atom. The molecule has 0 spiro atoms. The third-order valence-corrected chi connectivity index (χ3v) is 4.19. The molecule has 1 aliphatic rings. The van der Waals surface area contributed by atoms with Crippen molar-refractivity contribution in [3.05, 3.63) is 12.2 Å². The first-order valence-electron chi connectivity index (χ1n) is 8.00. The summed E-state index contributed by atoms with van der Waals surface area (Å²) in [4.78, 5) is 35.2. The molecule has 0 atom stereocenters. The molecule has 1 rings (SSSR count). The van der Waals surface area contributed by atoms with Crippen LogP contribution in [0, 0.1) is 0 Å². The fourth-order valence-corrected chi connectivity index (χ4v) is 2.91. The predicted molar refractivity (Wildman–Crippen MR) is 90.5 cm³/mol. The number of ether oxygens (including phenoxy) is 1. The summed E-state index contributed by atoms with van der Waals surface area (Å²) in [5, 5.41) is 0. The number of amides is 2. The van der Waals surface area contributed by atoms with Gasteiger partial charge >= 0.3 is 5.97 Å². The van der Waals surface area contributed by atoms with Crippen molar-refractivity contribution in [1.82, 2.24) is 14.3 Å². The first-order valence-corrected chi connectivity index (χ1v) is 9.48. The Morgan fingerprint density at radius 1 is 1.08 bits per heavy atom. The maximum atomic E-state index is 11.7. The smallest absolute Gasteiger partial charge is 0.306 e. The van der Waals surface area contributed by atoms with E-state index in [1.807, 2.05) is 0 Å². The van der Waals surface area contributed by atoms with E-state index in [1.54, 1.807) is 20.8 Å². The number of esters is 1. The molecule has 9 nitrogen and oxygen atoms in total. The van der Waals surface area contributed by atoms with E-state index < -0.39 is 27.6 Å². The number of hydrogen-bond donors (Lipinski definition) is 2. The zero-order chi connectivity index (χ0) is 19.1. The van der Waals surface area contributed by atoms with Crippen LogP contribution in [0.4, 0.5) is 0 Å². The second-order valence-corrected chi connectivity index (χ2v) is 8.08. The lowest BCUT2D eigenvalue weighted by Gasteiger charge is -2.19. The molecule has 0 aromatic heterocycles. The van der Waals surface area contributed by atoms with Gasteiger partial charge in [-0.15, -0.1) is 0 Å². The third kappa shape index (κ3) is 8.75. The lowest BCUT2D eigenvalue weighted by molar-refractivity contribution is -0.154. The predicted octanol–water partition coefficient (Wildman–Crippen LogP) is -0.153. The van der Waals surface area contributed by atoms with E-state index in [-0.39, 0.29) is 32.0 Å². The highest BCUT2D eigenvalue weighted by Crippen LogP contribution is 2.08. The van der Waals surface area contributed by atoms with E-state index in [0.717, 1.165) is 4.90 Å². The number of imide groups is 1. The SMILES string of the molecule is CC(C)(C)OC(=O)CCCNS(=O)(=O)NCCCN1C(=O)C=CC1=O. The lowest BCUT2D eigenvalue weighted by Crippen LogP contribution is -2.39. The van der Waals surface area contributed by atoms with Gasteiger partial charge in [0.25, 0.3) is 22.0 Å². The Labute approximate surface area is 148 Å². The molecule has 142 valence electrons. The van der Waals surface area contributed by atoms with E-state index in [4.69, 9.17) is 4.74 Å². The summed E-state index contributed by atoms with van der Waals surface area (Å²) in [5.74, 6) is -1.17. The molecule has 0 fully saturated rings. The molecule has 10 heteroatoms. The number of carbonyl (C=O) groups is 3. The van der Waals surface area contributed by atoms with Gasteiger partial charge in [0.2, 0.25) is 0 Å². The van der Waals surface area contributed by atoms with Crippen LogP contribution in [0.15, 0.2) is 12.2 Å². The number of hydrogen-bond acceptors (Lipinski definition) is 6. The van der Waals surface area contributed by atoms with Crippen molar-refractivity contribution >= 4 is 28.0 Å². The first kappa shape index (κ1) is 21.3. The first-order chi connectivity index (χ1) is 11.5. The summed E-state index contributed by atoms with van der Waals surface area (Å²) in [5.41, 5.74) is -0.564. The van der Waals surface area contributed by atoms with Crippen LogP contribution < -0.4 is 9.44 Å². The Bertz CT molecular complexity index is 618. The van der Waals surface area contributed by atoms with Gasteiger partial charge in [0.1, 0.15) is 5.60 Å². The van der Waals surface area contributed by atoms with E-state index in [1.165, 1.54) is 12.2 Å². The molecule has 0 aliphatic carbocycles. The molecule has 25 heavy (non-hydrogen) atoms. The number of nitrogens with zero attached hydrogens (tertiary/aromatic N) is 1. The molecule has 0 aromatic rings.